The smallest absolute Gasteiger partial charge is 0.305 e. The molecule has 2 rings (SSSR count). The van der Waals surface area contributed by atoms with Crippen molar-refractivity contribution in [3.8, 4) is 0 Å². The quantitative estimate of drug-likeness (QED) is 0.551. The molecule has 25 heavy (non-hydrogen) atoms. The molecule has 0 saturated heterocycles. The summed E-state index contributed by atoms with van der Waals surface area (Å²) < 4.78 is 31.3. The second-order valence-corrected chi connectivity index (χ2v) is 7.84. The van der Waals surface area contributed by atoms with Gasteiger partial charge in [0.05, 0.1) is 23.5 Å². The molecule has 1 saturated carbocycles. The first-order valence-corrected chi connectivity index (χ1v) is 9.39. The third-order valence-corrected chi connectivity index (χ3v) is 5.68. The number of aliphatic carboxylic acids is 1. The van der Waals surface area contributed by atoms with Crippen molar-refractivity contribution in [1.29, 1.82) is 0 Å². The van der Waals surface area contributed by atoms with E-state index in [-0.39, 0.29) is 30.0 Å². The molecule has 0 aromatic heterocycles. The van der Waals surface area contributed by atoms with Crippen LogP contribution in [0, 0.1) is 0 Å². The van der Waals surface area contributed by atoms with Crippen molar-refractivity contribution < 1.29 is 27.9 Å². The third kappa shape index (κ3) is 5.00. The summed E-state index contributed by atoms with van der Waals surface area (Å²) in [6.07, 6.45) is 2.01. The van der Waals surface area contributed by atoms with E-state index < -0.39 is 27.4 Å². The maximum Gasteiger partial charge on any atom is 0.305 e. The van der Waals surface area contributed by atoms with Gasteiger partial charge in [0.1, 0.15) is 0 Å². The van der Waals surface area contributed by atoms with Gasteiger partial charge in [0.2, 0.25) is 10.0 Å². The number of hydrogen-bond acceptors (Lipinski definition) is 5. The summed E-state index contributed by atoms with van der Waals surface area (Å²) in [5.41, 5.74) is -0.414. The Balaban J connectivity index is 2.04. The summed E-state index contributed by atoms with van der Waals surface area (Å²) in [5, 5.41) is 11.8. The van der Waals surface area contributed by atoms with E-state index in [0.717, 1.165) is 6.42 Å². The van der Waals surface area contributed by atoms with Crippen molar-refractivity contribution >= 4 is 21.9 Å². The van der Waals surface area contributed by atoms with Crippen molar-refractivity contribution in [2.75, 3.05) is 20.3 Å². The van der Waals surface area contributed by atoms with Gasteiger partial charge in [0.25, 0.3) is 5.91 Å². The van der Waals surface area contributed by atoms with Crippen LogP contribution in [0.4, 0.5) is 0 Å². The van der Waals surface area contributed by atoms with Crippen molar-refractivity contribution in [3.05, 3.63) is 29.8 Å². The fourth-order valence-electron chi connectivity index (χ4n) is 2.70. The number of carbonyl (C=O) groups excluding carboxylic acids is 1. The minimum Gasteiger partial charge on any atom is -0.481 e. The summed E-state index contributed by atoms with van der Waals surface area (Å²) in [5.74, 6) is -1.36. The van der Waals surface area contributed by atoms with E-state index in [1.807, 2.05) is 0 Å². The van der Waals surface area contributed by atoms with Gasteiger partial charge < -0.3 is 15.2 Å². The Kier molecular flexibility index (Phi) is 6.15. The van der Waals surface area contributed by atoms with E-state index in [9.17, 15) is 18.0 Å². The van der Waals surface area contributed by atoms with E-state index in [1.165, 1.54) is 31.4 Å². The number of benzene rings is 1. The number of carboxylic acids is 1. The van der Waals surface area contributed by atoms with E-state index in [4.69, 9.17) is 9.84 Å². The zero-order chi connectivity index (χ0) is 18.5. The standard InChI is InChI=1S/C16H22N2O6S/c1-24-10-9-17-25(22,23)13-5-3-12(4-6-13)15(21)18-16(7-2-8-16)11-14(19)20/h3-6,17H,2,7-11H2,1H3,(H,18,21)(H,19,20). The number of nitrogens with one attached hydrogen (secondary N) is 2. The van der Waals surface area contributed by atoms with Crippen LogP contribution in [0.2, 0.25) is 0 Å². The second-order valence-electron chi connectivity index (χ2n) is 6.07. The maximum absolute atomic E-state index is 12.3. The largest absolute Gasteiger partial charge is 0.481 e. The second kappa shape index (κ2) is 7.94. The maximum atomic E-state index is 12.3. The molecular formula is C16H22N2O6S. The molecular weight excluding hydrogens is 348 g/mol. The van der Waals surface area contributed by atoms with Crippen LogP contribution in [0.3, 0.4) is 0 Å². The van der Waals surface area contributed by atoms with E-state index in [1.54, 1.807) is 0 Å². The highest BCUT2D eigenvalue weighted by molar-refractivity contribution is 7.89. The molecule has 0 radical (unpaired) electrons. The first kappa shape index (κ1) is 19.4. The van der Waals surface area contributed by atoms with Crippen molar-refractivity contribution in [2.24, 2.45) is 0 Å². The number of hydrogen-bond donors (Lipinski definition) is 3. The van der Waals surface area contributed by atoms with Gasteiger partial charge in [-0.1, -0.05) is 0 Å². The summed E-state index contributed by atoms with van der Waals surface area (Å²) in [4.78, 5) is 23.3. The van der Waals surface area contributed by atoms with E-state index >= 15 is 0 Å². The number of ether oxygens (including phenoxy) is 1. The van der Waals surface area contributed by atoms with Crippen LogP contribution in [-0.2, 0) is 19.6 Å². The molecule has 1 amide bonds. The minimum absolute atomic E-state index is 0.0454. The van der Waals surface area contributed by atoms with Gasteiger partial charge in [-0.15, -0.1) is 0 Å². The normalized spacial score (nSPS) is 16.0. The molecule has 0 unspecified atom stereocenters. The zero-order valence-electron chi connectivity index (χ0n) is 13.9. The molecule has 1 fully saturated rings. The molecule has 3 N–H and O–H groups in total. The molecule has 0 atom stereocenters. The fraction of sp³-hybridized carbons (Fsp3) is 0.500. The SMILES string of the molecule is COCCNS(=O)(=O)c1ccc(C(=O)NC2(CC(=O)O)CCC2)cc1. The lowest BCUT2D eigenvalue weighted by Gasteiger charge is -2.41. The lowest BCUT2D eigenvalue weighted by molar-refractivity contribution is -0.139. The van der Waals surface area contributed by atoms with E-state index in [0.29, 0.717) is 12.8 Å². The molecule has 1 aliphatic carbocycles. The number of sulfonamides is 1. The Bertz CT molecular complexity index is 725. The Morgan fingerprint density at radius 1 is 1.24 bits per heavy atom. The summed E-state index contributed by atoms with van der Waals surface area (Å²) in [7, 11) is -2.19. The lowest BCUT2D eigenvalue weighted by atomic mass is 9.74. The molecule has 1 aromatic carbocycles. The van der Waals surface area contributed by atoms with Crippen LogP contribution in [0.25, 0.3) is 0 Å². The predicted octanol–water partition coefficient (Wildman–Crippen LogP) is 0.738. The molecule has 9 heteroatoms. The topological polar surface area (TPSA) is 122 Å². The van der Waals surface area contributed by atoms with Gasteiger partial charge in [0.15, 0.2) is 0 Å². The van der Waals surface area contributed by atoms with Crippen molar-refractivity contribution in [1.82, 2.24) is 10.0 Å². The third-order valence-electron chi connectivity index (χ3n) is 4.20. The molecule has 1 aromatic rings. The number of carbonyl (C=O) groups is 2. The van der Waals surface area contributed by atoms with Gasteiger partial charge in [0, 0.05) is 19.2 Å². The fourth-order valence-corrected chi connectivity index (χ4v) is 3.71. The highest BCUT2D eigenvalue weighted by atomic mass is 32.2. The van der Waals surface area contributed by atoms with Crippen LogP contribution < -0.4 is 10.0 Å². The van der Waals surface area contributed by atoms with Crippen LogP contribution in [0.1, 0.15) is 36.0 Å². The molecule has 138 valence electrons. The Labute approximate surface area is 146 Å². The van der Waals surface area contributed by atoms with Gasteiger partial charge in [-0.05, 0) is 43.5 Å². The van der Waals surface area contributed by atoms with Crippen molar-refractivity contribution in [2.45, 2.75) is 36.1 Å². The summed E-state index contributed by atoms with van der Waals surface area (Å²) in [6.45, 7) is 0.407. The van der Waals surface area contributed by atoms with Crippen LogP contribution in [0.15, 0.2) is 29.2 Å². The molecule has 0 aliphatic heterocycles. The molecule has 0 spiro atoms. The highest BCUT2D eigenvalue weighted by Crippen LogP contribution is 2.35. The molecule has 1 aliphatic rings. The number of carboxylic acid groups (broad SMARTS) is 1. The van der Waals surface area contributed by atoms with Crippen molar-refractivity contribution in [3.63, 3.8) is 0 Å². The molecule has 0 bridgehead atoms. The van der Waals surface area contributed by atoms with Crippen LogP contribution in [-0.4, -0.2) is 51.2 Å². The van der Waals surface area contributed by atoms with Crippen LogP contribution >= 0.6 is 0 Å². The first-order valence-electron chi connectivity index (χ1n) is 7.91. The number of amides is 1. The van der Waals surface area contributed by atoms with Gasteiger partial charge in [-0.3, -0.25) is 9.59 Å². The molecule has 8 nitrogen and oxygen atoms in total. The number of methoxy groups -OCH3 is 1. The summed E-state index contributed by atoms with van der Waals surface area (Å²) >= 11 is 0. The van der Waals surface area contributed by atoms with Crippen LogP contribution in [0.5, 0.6) is 0 Å². The predicted molar refractivity (Wildman–Crippen MR) is 89.8 cm³/mol. The van der Waals surface area contributed by atoms with Gasteiger partial charge >= 0.3 is 5.97 Å². The Morgan fingerprint density at radius 3 is 2.36 bits per heavy atom. The number of rotatable bonds is 9. The average molecular weight is 370 g/mol. The summed E-state index contributed by atoms with van der Waals surface area (Å²) in [6, 6.07) is 5.50. The average Bonchev–Trinajstić information content (AvgIpc) is 2.52. The Hall–Kier alpha value is -1.97. The molecule has 0 heterocycles. The van der Waals surface area contributed by atoms with Gasteiger partial charge in [-0.2, -0.15) is 0 Å². The zero-order valence-corrected chi connectivity index (χ0v) is 14.8. The highest BCUT2D eigenvalue weighted by Gasteiger charge is 2.40. The minimum atomic E-state index is -3.66. The monoisotopic (exact) mass is 370 g/mol. The lowest BCUT2D eigenvalue weighted by Crippen LogP contribution is -2.54. The Morgan fingerprint density at radius 2 is 1.88 bits per heavy atom. The van der Waals surface area contributed by atoms with E-state index in [2.05, 4.69) is 10.0 Å². The van der Waals surface area contributed by atoms with Gasteiger partial charge in [-0.25, -0.2) is 13.1 Å². The first-order chi connectivity index (χ1) is 11.8.